The van der Waals surface area contributed by atoms with Crippen LogP contribution in [0, 0.1) is 13.8 Å². The number of benzene rings is 1. The van der Waals surface area contributed by atoms with Gasteiger partial charge in [-0.05, 0) is 26.0 Å². The van der Waals surface area contributed by atoms with E-state index < -0.39 is 5.97 Å². The monoisotopic (exact) mass is 331 g/mol. The summed E-state index contributed by atoms with van der Waals surface area (Å²) in [5.41, 5.74) is 1.02. The average molecular weight is 331 g/mol. The second kappa shape index (κ2) is 7.15. The Bertz CT molecular complexity index is 805. The van der Waals surface area contributed by atoms with Gasteiger partial charge in [-0.3, -0.25) is 9.69 Å². The minimum absolute atomic E-state index is 0.114. The third-order valence-corrected chi connectivity index (χ3v) is 4.35. The zero-order valence-electron chi connectivity index (χ0n) is 14.0. The second-order valence-electron chi connectivity index (χ2n) is 5.88. The van der Waals surface area contributed by atoms with Gasteiger partial charge in [-0.25, -0.2) is 4.79 Å². The van der Waals surface area contributed by atoms with Crippen LogP contribution in [0.15, 0.2) is 27.4 Å². The fraction of sp³-hybridized carbons (Fsp3) is 0.444. The highest BCUT2D eigenvalue weighted by Crippen LogP contribution is 2.20. The number of morpholine rings is 1. The van der Waals surface area contributed by atoms with Crippen LogP contribution in [0.1, 0.15) is 21.7 Å². The zero-order valence-corrected chi connectivity index (χ0v) is 14.0. The molecule has 3 rings (SSSR count). The summed E-state index contributed by atoms with van der Waals surface area (Å²) >= 11 is 0. The average Bonchev–Trinajstić information content (AvgIpc) is 2.60. The van der Waals surface area contributed by atoms with Crippen LogP contribution in [-0.4, -0.2) is 50.3 Å². The summed E-state index contributed by atoms with van der Waals surface area (Å²) in [5, 5.41) is 0.403. The van der Waals surface area contributed by atoms with Crippen LogP contribution in [0.2, 0.25) is 0 Å². The van der Waals surface area contributed by atoms with Gasteiger partial charge in [0.2, 0.25) is 0 Å². The Morgan fingerprint density at radius 3 is 2.75 bits per heavy atom. The van der Waals surface area contributed by atoms with Gasteiger partial charge in [0.1, 0.15) is 17.9 Å². The molecular weight excluding hydrogens is 310 g/mol. The lowest BCUT2D eigenvalue weighted by Gasteiger charge is -2.26. The number of carbonyl (C=O) groups excluding carboxylic acids is 1. The molecule has 0 spiro atoms. The molecule has 0 aliphatic carbocycles. The number of ether oxygens (including phenoxy) is 2. The quantitative estimate of drug-likeness (QED) is 0.797. The third kappa shape index (κ3) is 3.34. The summed E-state index contributed by atoms with van der Waals surface area (Å²) in [6, 6.07) is 4.96. The summed E-state index contributed by atoms with van der Waals surface area (Å²) in [6.07, 6.45) is 0. The van der Waals surface area contributed by atoms with Crippen molar-refractivity contribution in [2.75, 3.05) is 39.5 Å². The summed E-state index contributed by atoms with van der Waals surface area (Å²) in [5.74, 6) is 0.0429. The number of hydrogen-bond donors (Lipinski definition) is 0. The lowest BCUT2D eigenvalue weighted by atomic mass is 10.1. The van der Waals surface area contributed by atoms with Gasteiger partial charge in [0.15, 0.2) is 11.0 Å². The van der Waals surface area contributed by atoms with Crippen molar-refractivity contribution in [3.63, 3.8) is 0 Å². The first-order valence-electron chi connectivity index (χ1n) is 8.08. The third-order valence-electron chi connectivity index (χ3n) is 4.35. The van der Waals surface area contributed by atoms with Crippen molar-refractivity contribution >= 4 is 16.9 Å². The number of hydrogen-bond acceptors (Lipinski definition) is 6. The van der Waals surface area contributed by atoms with Crippen molar-refractivity contribution in [2.24, 2.45) is 0 Å². The Labute approximate surface area is 140 Å². The Kier molecular flexibility index (Phi) is 4.97. The van der Waals surface area contributed by atoms with Crippen molar-refractivity contribution in [3.05, 3.63) is 45.3 Å². The Morgan fingerprint density at radius 1 is 1.25 bits per heavy atom. The molecule has 0 bridgehead atoms. The molecule has 1 aromatic carbocycles. The van der Waals surface area contributed by atoms with Gasteiger partial charge < -0.3 is 13.9 Å². The highest BCUT2D eigenvalue weighted by Gasteiger charge is 2.18. The number of carbonyl (C=O) groups is 1. The fourth-order valence-corrected chi connectivity index (χ4v) is 2.75. The van der Waals surface area contributed by atoms with Crippen LogP contribution in [0.3, 0.4) is 0 Å². The lowest BCUT2D eigenvalue weighted by Crippen LogP contribution is -2.38. The van der Waals surface area contributed by atoms with Gasteiger partial charge in [0, 0.05) is 25.2 Å². The second-order valence-corrected chi connectivity index (χ2v) is 5.88. The molecule has 0 saturated carbocycles. The van der Waals surface area contributed by atoms with E-state index in [0.717, 1.165) is 13.1 Å². The standard InChI is InChI=1S/C18H21NO5/c1-12-13(2)24-17-14(16(12)20)4-3-5-15(17)18(21)23-11-8-19-6-9-22-10-7-19/h3-5H,6-11H2,1-2H3. The molecule has 1 saturated heterocycles. The predicted molar refractivity (Wildman–Crippen MR) is 89.5 cm³/mol. The van der Waals surface area contributed by atoms with E-state index in [9.17, 15) is 9.59 Å². The predicted octanol–water partition coefficient (Wildman–Crippen LogP) is 1.90. The summed E-state index contributed by atoms with van der Waals surface area (Å²) < 4.78 is 16.3. The van der Waals surface area contributed by atoms with Gasteiger partial charge in [-0.1, -0.05) is 6.07 Å². The minimum Gasteiger partial charge on any atom is -0.461 e. The summed E-state index contributed by atoms with van der Waals surface area (Å²) in [7, 11) is 0. The van der Waals surface area contributed by atoms with Gasteiger partial charge in [0.05, 0.1) is 18.6 Å². The first kappa shape index (κ1) is 16.7. The van der Waals surface area contributed by atoms with Crippen molar-refractivity contribution in [2.45, 2.75) is 13.8 Å². The van der Waals surface area contributed by atoms with E-state index in [1.165, 1.54) is 0 Å². The molecule has 2 heterocycles. The molecule has 6 heteroatoms. The minimum atomic E-state index is -0.472. The van der Waals surface area contributed by atoms with Crippen molar-refractivity contribution in [3.8, 4) is 0 Å². The van der Waals surface area contributed by atoms with Gasteiger partial charge >= 0.3 is 5.97 Å². The van der Waals surface area contributed by atoms with E-state index in [0.29, 0.717) is 48.7 Å². The summed E-state index contributed by atoms with van der Waals surface area (Å²) in [4.78, 5) is 26.9. The highest BCUT2D eigenvalue weighted by molar-refractivity contribution is 6.01. The van der Waals surface area contributed by atoms with Gasteiger partial charge in [0.25, 0.3) is 0 Å². The maximum absolute atomic E-state index is 12.4. The number of rotatable bonds is 4. The maximum atomic E-state index is 12.4. The van der Waals surface area contributed by atoms with E-state index in [4.69, 9.17) is 13.9 Å². The Morgan fingerprint density at radius 2 is 2.00 bits per heavy atom. The fourth-order valence-electron chi connectivity index (χ4n) is 2.75. The first-order chi connectivity index (χ1) is 11.6. The molecule has 2 aromatic rings. The zero-order chi connectivity index (χ0) is 17.1. The van der Waals surface area contributed by atoms with Crippen LogP contribution < -0.4 is 5.43 Å². The molecule has 24 heavy (non-hydrogen) atoms. The highest BCUT2D eigenvalue weighted by atomic mass is 16.5. The molecule has 6 nitrogen and oxygen atoms in total. The topological polar surface area (TPSA) is 69.0 Å². The first-order valence-corrected chi connectivity index (χ1v) is 8.08. The van der Waals surface area contributed by atoms with Crippen LogP contribution in [0.25, 0.3) is 11.0 Å². The lowest BCUT2D eigenvalue weighted by molar-refractivity contribution is 0.0196. The van der Waals surface area contributed by atoms with Gasteiger partial charge in [-0.2, -0.15) is 0 Å². The number of fused-ring (bicyclic) bond motifs is 1. The number of aryl methyl sites for hydroxylation is 1. The van der Waals surface area contributed by atoms with Crippen LogP contribution in [-0.2, 0) is 9.47 Å². The number of para-hydroxylation sites is 1. The van der Waals surface area contributed by atoms with Gasteiger partial charge in [-0.15, -0.1) is 0 Å². The molecule has 1 aliphatic rings. The van der Waals surface area contributed by atoms with E-state index in [2.05, 4.69) is 4.90 Å². The molecule has 0 amide bonds. The Balaban J connectivity index is 1.76. The maximum Gasteiger partial charge on any atom is 0.342 e. The van der Waals surface area contributed by atoms with Crippen LogP contribution in [0.4, 0.5) is 0 Å². The number of nitrogens with zero attached hydrogens (tertiary/aromatic N) is 1. The molecular formula is C18H21NO5. The smallest absolute Gasteiger partial charge is 0.342 e. The molecule has 0 unspecified atom stereocenters. The largest absolute Gasteiger partial charge is 0.461 e. The van der Waals surface area contributed by atoms with E-state index in [1.807, 2.05) is 0 Å². The normalized spacial score (nSPS) is 15.6. The van der Waals surface area contributed by atoms with Crippen molar-refractivity contribution in [1.82, 2.24) is 4.90 Å². The summed E-state index contributed by atoms with van der Waals surface area (Å²) in [6.45, 7) is 7.51. The number of esters is 1. The molecule has 0 N–H and O–H groups in total. The molecule has 1 aromatic heterocycles. The SMILES string of the molecule is Cc1oc2c(C(=O)OCCN3CCOCC3)cccc2c(=O)c1C. The van der Waals surface area contributed by atoms with Crippen LogP contribution in [0.5, 0.6) is 0 Å². The molecule has 1 aliphatic heterocycles. The van der Waals surface area contributed by atoms with Crippen molar-refractivity contribution < 1.29 is 18.7 Å². The van der Waals surface area contributed by atoms with Crippen LogP contribution >= 0.6 is 0 Å². The van der Waals surface area contributed by atoms with Crippen molar-refractivity contribution in [1.29, 1.82) is 0 Å². The van der Waals surface area contributed by atoms with E-state index >= 15 is 0 Å². The van der Waals surface area contributed by atoms with E-state index in [-0.39, 0.29) is 11.0 Å². The molecule has 1 fully saturated rings. The molecule has 0 radical (unpaired) electrons. The Hall–Kier alpha value is -2.18. The molecule has 128 valence electrons. The van der Waals surface area contributed by atoms with E-state index in [1.54, 1.807) is 32.0 Å². The molecule has 0 atom stereocenters.